The van der Waals surface area contributed by atoms with Crippen molar-refractivity contribution in [2.24, 2.45) is 10.7 Å². The number of carbonyl (C=O) groups is 1. The van der Waals surface area contributed by atoms with Crippen molar-refractivity contribution in [3.05, 3.63) is 83.7 Å². The van der Waals surface area contributed by atoms with E-state index in [0.29, 0.717) is 11.3 Å². The molecule has 31 heavy (non-hydrogen) atoms. The summed E-state index contributed by atoms with van der Waals surface area (Å²) in [6.07, 6.45) is -2.79. The van der Waals surface area contributed by atoms with Crippen molar-refractivity contribution < 1.29 is 18.3 Å². The second-order valence-electron chi connectivity index (χ2n) is 7.11. The molecule has 0 saturated heterocycles. The number of hydrogen-bond acceptors (Lipinski definition) is 5. The van der Waals surface area contributed by atoms with E-state index in [9.17, 15) is 13.6 Å². The average Bonchev–Trinajstić information content (AvgIpc) is 3.04. The third kappa shape index (κ3) is 3.39. The van der Waals surface area contributed by atoms with Gasteiger partial charge in [-0.15, -0.1) is 0 Å². The number of ether oxygens (including phenoxy) is 1. The van der Waals surface area contributed by atoms with Crippen LogP contribution in [-0.2, 0) is 10.3 Å². The van der Waals surface area contributed by atoms with Gasteiger partial charge in [0.25, 0.3) is 12.3 Å². The monoisotopic (exact) mass is 422 g/mol. The fourth-order valence-electron chi connectivity index (χ4n) is 3.64. The average molecular weight is 422 g/mol. The van der Waals surface area contributed by atoms with Gasteiger partial charge in [-0.05, 0) is 47.0 Å². The summed E-state index contributed by atoms with van der Waals surface area (Å²) in [7, 11) is 2.99. The molecule has 0 radical (unpaired) electrons. The first-order chi connectivity index (χ1) is 14.9. The van der Waals surface area contributed by atoms with Gasteiger partial charge in [-0.2, -0.15) is 0 Å². The zero-order chi connectivity index (χ0) is 22.2. The van der Waals surface area contributed by atoms with E-state index in [0.717, 1.165) is 11.1 Å². The van der Waals surface area contributed by atoms with Gasteiger partial charge in [-0.25, -0.2) is 18.8 Å². The number of amides is 1. The van der Waals surface area contributed by atoms with E-state index < -0.39 is 23.6 Å². The molecule has 1 aliphatic heterocycles. The number of rotatable bonds is 5. The van der Waals surface area contributed by atoms with Crippen LogP contribution in [0.3, 0.4) is 0 Å². The number of nitrogens with zero attached hydrogens (tertiary/aromatic N) is 3. The highest BCUT2D eigenvalue weighted by atomic mass is 19.3. The van der Waals surface area contributed by atoms with Crippen LogP contribution in [0.4, 0.5) is 8.78 Å². The Kier molecular flexibility index (Phi) is 5.14. The molecule has 6 nitrogen and oxygen atoms in total. The first-order valence-corrected chi connectivity index (χ1v) is 9.51. The molecule has 0 fully saturated rings. The minimum atomic E-state index is -2.79. The molecule has 1 unspecified atom stereocenters. The molecule has 2 aromatic carbocycles. The number of likely N-dealkylation sites (N-methyl/N-ethyl adjacent to an activating group) is 1. The molecule has 1 amide bonds. The highest BCUT2D eigenvalue weighted by Gasteiger charge is 2.51. The van der Waals surface area contributed by atoms with Crippen LogP contribution in [-0.4, -0.2) is 35.9 Å². The maximum absolute atomic E-state index is 13.4. The number of nitrogens with two attached hydrogens (primary N) is 1. The van der Waals surface area contributed by atoms with Crippen molar-refractivity contribution in [1.82, 2.24) is 9.88 Å². The molecule has 0 saturated carbocycles. The van der Waals surface area contributed by atoms with Gasteiger partial charge in [0.1, 0.15) is 11.4 Å². The van der Waals surface area contributed by atoms with E-state index in [2.05, 4.69) is 9.98 Å². The van der Waals surface area contributed by atoms with Crippen LogP contribution < -0.4 is 10.5 Å². The molecule has 1 aromatic heterocycles. The lowest BCUT2D eigenvalue weighted by Crippen LogP contribution is -2.41. The number of aromatic nitrogens is 1. The molecule has 8 heteroatoms. The summed E-state index contributed by atoms with van der Waals surface area (Å²) in [6.45, 7) is 0. The summed E-state index contributed by atoms with van der Waals surface area (Å²) in [5, 5.41) is 0. The van der Waals surface area contributed by atoms with Crippen LogP contribution in [0.15, 0.2) is 71.7 Å². The predicted molar refractivity (Wildman–Crippen MR) is 113 cm³/mol. The van der Waals surface area contributed by atoms with Crippen molar-refractivity contribution in [2.75, 3.05) is 14.2 Å². The lowest BCUT2D eigenvalue weighted by atomic mass is 9.84. The maximum atomic E-state index is 13.4. The van der Waals surface area contributed by atoms with Gasteiger partial charge < -0.3 is 10.5 Å². The molecule has 2 N–H and O–H groups in total. The van der Waals surface area contributed by atoms with Crippen molar-refractivity contribution in [3.8, 4) is 16.9 Å². The molecule has 158 valence electrons. The fraction of sp³-hybridized carbons (Fsp3) is 0.174. The number of pyridine rings is 1. The smallest absolute Gasteiger partial charge is 0.280 e. The lowest BCUT2D eigenvalue weighted by molar-refractivity contribution is -0.129. The van der Waals surface area contributed by atoms with E-state index in [1.54, 1.807) is 12.1 Å². The first kappa shape index (κ1) is 20.5. The number of carbonyl (C=O) groups excluding carboxylic acids is 1. The van der Waals surface area contributed by atoms with Crippen molar-refractivity contribution >= 4 is 11.9 Å². The number of alkyl halides is 2. The number of guanidine groups is 1. The Morgan fingerprint density at radius 2 is 1.77 bits per heavy atom. The Bertz CT molecular complexity index is 1170. The van der Waals surface area contributed by atoms with Crippen LogP contribution in [0.5, 0.6) is 5.75 Å². The van der Waals surface area contributed by atoms with Gasteiger partial charge in [0.2, 0.25) is 5.54 Å². The normalized spacial score (nSPS) is 18.4. The zero-order valence-electron chi connectivity index (χ0n) is 16.9. The van der Waals surface area contributed by atoms with Gasteiger partial charge in [-0.3, -0.25) is 9.69 Å². The van der Waals surface area contributed by atoms with Crippen molar-refractivity contribution in [2.45, 2.75) is 12.0 Å². The van der Waals surface area contributed by atoms with E-state index >= 15 is 0 Å². The Balaban J connectivity index is 2.00. The molecule has 4 rings (SSSR count). The second kappa shape index (κ2) is 7.79. The van der Waals surface area contributed by atoms with Crippen molar-refractivity contribution in [3.63, 3.8) is 0 Å². The number of benzene rings is 2. The van der Waals surface area contributed by atoms with E-state index in [-0.39, 0.29) is 11.7 Å². The highest BCUT2D eigenvalue weighted by Crippen LogP contribution is 2.41. The van der Waals surface area contributed by atoms with Crippen LogP contribution in [0.25, 0.3) is 11.1 Å². The standard InChI is InChI=1S/C23H20F2N4O2/c1-29-21(30)23(28-22(29)26,19-10-6-9-18(27-19)20(24)25)16-11-15(12-17(13-16)31-2)14-7-4-3-5-8-14/h3-13,20H,1-2H3,(H2,26,28). The SMILES string of the molecule is COc1cc(-c2ccccc2)cc(C2(c3cccc(C(F)F)n3)N=C(N)N(C)C2=O)c1. The first-order valence-electron chi connectivity index (χ1n) is 9.51. The summed E-state index contributed by atoms with van der Waals surface area (Å²) in [4.78, 5) is 23.1. The summed E-state index contributed by atoms with van der Waals surface area (Å²) in [6, 6.07) is 18.9. The maximum Gasteiger partial charge on any atom is 0.280 e. The molecular formula is C23H20F2N4O2. The summed E-state index contributed by atoms with van der Waals surface area (Å²) in [5.74, 6) is -0.0358. The number of hydrogen-bond donors (Lipinski definition) is 1. The Hall–Kier alpha value is -3.81. The molecule has 0 spiro atoms. The third-order valence-corrected chi connectivity index (χ3v) is 5.27. The minimum Gasteiger partial charge on any atom is -0.497 e. The van der Waals surface area contributed by atoms with Gasteiger partial charge >= 0.3 is 0 Å². The van der Waals surface area contributed by atoms with Gasteiger partial charge in [-0.1, -0.05) is 36.4 Å². The quantitative estimate of drug-likeness (QED) is 0.680. The number of aliphatic imine (C=N–C) groups is 1. The van der Waals surface area contributed by atoms with E-state index in [1.807, 2.05) is 36.4 Å². The van der Waals surface area contributed by atoms with Gasteiger partial charge in [0, 0.05) is 7.05 Å². The number of halogens is 2. The molecule has 2 heterocycles. The Morgan fingerprint density at radius 3 is 2.39 bits per heavy atom. The zero-order valence-corrected chi connectivity index (χ0v) is 16.9. The Morgan fingerprint density at radius 1 is 1.03 bits per heavy atom. The summed E-state index contributed by atoms with van der Waals surface area (Å²) in [5.41, 5.74) is 5.98. The van der Waals surface area contributed by atoms with Gasteiger partial charge in [0.05, 0.1) is 12.8 Å². The lowest BCUT2D eigenvalue weighted by Gasteiger charge is -2.26. The topological polar surface area (TPSA) is 80.8 Å². The molecule has 3 aromatic rings. The van der Waals surface area contributed by atoms with Crippen LogP contribution in [0.1, 0.15) is 23.4 Å². The molecule has 0 aliphatic carbocycles. The largest absolute Gasteiger partial charge is 0.497 e. The van der Waals surface area contributed by atoms with Crippen LogP contribution in [0, 0.1) is 0 Å². The second-order valence-corrected chi connectivity index (χ2v) is 7.11. The summed E-state index contributed by atoms with van der Waals surface area (Å²) < 4.78 is 32.2. The molecule has 0 bridgehead atoms. The fourth-order valence-corrected chi connectivity index (χ4v) is 3.64. The van der Waals surface area contributed by atoms with Crippen LogP contribution >= 0.6 is 0 Å². The Labute approximate surface area is 178 Å². The summed E-state index contributed by atoms with van der Waals surface area (Å²) >= 11 is 0. The highest BCUT2D eigenvalue weighted by molar-refractivity contribution is 6.08. The molecule has 1 atom stereocenters. The van der Waals surface area contributed by atoms with Gasteiger partial charge in [0.15, 0.2) is 5.96 Å². The predicted octanol–water partition coefficient (Wildman–Crippen LogP) is 3.73. The van der Waals surface area contributed by atoms with Crippen molar-refractivity contribution in [1.29, 1.82) is 0 Å². The third-order valence-electron chi connectivity index (χ3n) is 5.27. The number of methoxy groups -OCH3 is 1. The van der Waals surface area contributed by atoms with Crippen LogP contribution in [0.2, 0.25) is 0 Å². The molecule has 1 aliphatic rings. The minimum absolute atomic E-state index is 0.0293. The van der Waals surface area contributed by atoms with E-state index in [4.69, 9.17) is 10.5 Å². The van der Waals surface area contributed by atoms with E-state index in [1.165, 1.54) is 37.3 Å². The molecular weight excluding hydrogens is 402 g/mol.